The van der Waals surface area contributed by atoms with Crippen molar-refractivity contribution >= 4 is 38.9 Å². The van der Waals surface area contributed by atoms with Crippen LogP contribution in [0.3, 0.4) is 0 Å². The lowest BCUT2D eigenvalue weighted by Crippen LogP contribution is -3.00. The first kappa shape index (κ1) is 23.6. The molecule has 0 radical (unpaired) electrons. The third kappa shape index (κ3) is 6.04. The number of sulfonamides is 1. The number of nitrogens with one attached hydrogen (secondary N) is 1. The highest BCUT2D eigenvalue weighted by Gasteiger charge is 2.27. The molecule has 0 unspecified atom stereocenters. The highest BCUT2D eigenvalue weighted by atomic mass is 35.5. The van der Waals surface area contributed by atoms with Crippen LogP contribution in [0.2, 0.25) is 10.0 Å². The lowest BCUT2D eigenvalue weighted by molar-refractivity contribution is -0.913. The van der Waals surface area contributed by atoms with E-state index in [1.807, 2.05) is 0 Å². The molecule has 0 bridgehead atoms. The Morgan fingerprint density at radius 1 is 1.31 bits per heavy atom. The number of piperazine rings is 1. The normalized spacial score (nSPS) is 17.6. The van der Waals surface area contributed by atoms with Crippen molar-refractivity contribution in [2.24, 2.45) is 0 Å². The first-order valence-corrected chi connectivity index (χ1v) is 10.6. The summed E-state index contributed by atoms with van der Waals surface area (Å²) < 4.78 is 27.9. The summed E-state index contributed by atoms with van der Waals surface area (Å²) in [6, 6.07) is 1.38. The van der Waals surface area contributed by atoms with Crippen LogP contribution in [-0.4, -0.2) is 75.5 Å². The summed E-state index contributed by atoms with van der Waals surface area (Å²) in [4.78, 5) is 2.28. The Morgan fingerprint density at radius 3 is 2.46 bits per heavy atom. The fourth-order valence-electron chi connectivity index (χ4n) is 2.91. The molecule has 0 amide bonds. The van der Waals surface area contributed by atoms with Crippen molar-refractivity contribution in [2.75, 3.05) is 57.3 Å². The Bertz CT molecular complexity index is 736. The largest absolute Gasteiger partial charge is 1.00 e. The zero-order valence-corrected chi connectivity index (χ0v) is 18.3. The molecule has 2 rings (SSSR count). The summed E-state index contributed by atoms with van der Waals surface area (Å²) in [6.07, 6.45) is 0.545. The Balaban J connectivity index is 0.00000338. The van der Waals surface area contributed by atoms with Crippen molar-refractivity contribution in [1.29, 1.82) is 0 Å². The quantitative estimate of drug-likeness (QED) is 0.458. The van der Waals surface area contributed by atoms with Gasteiger partial charge in [0.05, 0.1) is 43.1 Å². The van der Waals surface area contributed by atoms with Gasteiger partial charge in [-0.15, -0.1) is 0 Å². The van der Waals surface area contributed by atoms with Gasteiger partial charge in [-0.1, -0.05) is 23.2 Å². The van der Waals surface area contributed by atoms with E-state index in [0.29, 0.717) is 17.0 Å². The summed E-state index contributed by atoms with van der Waals surface area (Å²) in [5, 5.41) is 10.4. The summed E-state index contributed by atoms with van der Waals surface area (Å²) in [7, 11) is 0.675. The molecule has 1 fully saturated rings. The van der Waals surface area contributed by atoms with Crippen molar-refractivity contribution in [3.63, 3.8) is 0 Å². The molecule has 1 saturated heterocycles. The summed E-state index contributed by atoms with van der Waals surface area (Å²) in [5.41, 5.74) is 0.525. The van der Waals surface area contributed by atoms with E-state index in [-0.39, 0.29) is 34.6 Å². The molecule has 0 atom stereocenters. The number of aromatic hydroxyl groups is 1. The van der Waals surface area contributed by atoms with Gasteiger partial charge in [0.25, 0.3) is 0 Å². The Kier molecular flexibility index (Phi) is 8.32. The number of nitrogens with zero attached hydrogens (tertiary/aromatic N) is 2. The second kappa shape index (κ2) is 9.17. The van der Waals surface area contributed by atoms with E-state index in [1.165, 1.54) is 6.07 Å². The fourth-order valence-corrected chi connectivity index (χ4v) is 4.47. The third-order valence-corrected chi connectivity index (χ3v) is 7.05. The van der Waals surface area contributed by atoms with Crippen LogP contribution in [0.1, 0.15) is 12.0 Å². The van der Waals surface area contributed by atoms with Gasteiger partial charge in [-0.2, -0.15) is 0 Å². The van der Waals surface area contributed by atoms with Crippen LogP contribution >= 0.6 is 23.2 Å². The molecule has 0 aliphatic carbocycles. The number of quaternary nitrogens is 1. The first-order valence-electron chi connectivity index (χ1n) is 8.23. The van der Waals surface area contributed by atoms with Crippen molar-refractivity contribution in [3.8, 4) is 5.75 Å². The standard InChI is InChI=1S/C16H25Cl2N3O3S.ClH/c1-12-13(17)11-14(16(22)15(12)18)19-25(23,24)10-4-7-21(3)8-5-20(2)6-9-21;/h11,19H,4-10H2,1-3H3;1H. The first-order chi connectivity index (χ1) is 11.5. The second-order valence-electron chi connectivity index (χ2n) is 7.06. The van der Waals surface area contributed by atoms with Crippen LogP contribution in [0.15, 0.2) is 6.07 Å². The van der Waals surface area contributed by atoms with Crippen LogP contribution < -0.4 is 17.1 Å². The van der Waals surface area contributed by atoms with Crippen LogP contribution in [0.5, 0.6) is 5.75 Å². The van der Waals surface area contributed by atoms with Crippen molar-refractivity contribution in [3.05, 3.63) is 21.7 Å². The maximum atomic E-state index is 12.3. The molecule has 6 nitrogen and oxygen atoms in total. The van der Waals surface area contributed by atoms with Crippen LogP contribution in [0, 0.1) is 6.92 Å². The molecule has 1 aliphatic heterocycles. The molecule has 10 heteroatoms. The highest BCUT2D eigenvalue weighted by Crippen LogP contribution is 2.39. The maximum absolute atomic E-state index is 12.3. The maximum Gasteiger partial charge on any atom is 0.233 e. The van der Waals surface area contributed by atoms with Crippen LogP contribution in [0.4, 0.5) is 5.69 Å². The van der Waals surface area contributed by atoms with E-state index in [9.17, 15) is 13.5 Å². The molecule has 26 heavy (non-hydrogen) atoms. The number of hydrogen-bond acceptors (Lipinski definition) is 4. The molecule has 1 heterocycles. The highest BCUT2D eigenvalue weighted by molar-refractivity contribution is 7.92. The monoisotopic (exact) mass is 445 g/mol. The van der Waals surface area contributed by atoms with E-state index in [1.54, 1.807) is 6.92 Å². The SMILES string of the molecule is Cc1c(Cl)cc(NS(=O)(=O)CCC[N+]2(C)CCN(C)CC2)c(O)c1Cl.[Cl-]. The van der Waals surface area contributed by atoms with Gasteiger partial charge in [-0.3, -0.25) is 9.62 Å². The summed E-state index contributed by atoms with van der Waals surface area (Å²) in [5.74, 6) is -0.315. The number of phenolic OH excluding ortho intramolecular Hbond substituents is 1. The van der Waals surface area contributed by atoms with Crippen LogP contribution in [0.25, 0.3) is 0 Å². The molecule has 0 saturated carbocycles. The molecule has 1 aromatic carbocycles. The van der Waals surface area contributed by atoms with Crippen molar-refractivity contribution in [1.82, 2.24) is 4.90 Å². The number of halogens is 3. The summed E-state index contributed by atoms with van der Waals surface area (Å²) in [6.45, 7) is 6.55. The molecule has 1 aromatic rings. The molecule has 0 spiro atoms. The minimum absolute atomic E-state index is 0. The lowest BCUT2D eigenvalue weighted by Gasteiger charge is -2.41. The van der Waals surface area contributed by atoms with Gasteiger partial charge in [0, 0.05) is 24.5 Å². The van der Waals surface area contributed by atoms with E-state index < -0.39 is 10.0 Å². The second-order valence-corrected chi connectivity index (χ2v) is 9.69. The predicted molar refractivity (Wildman–Crippen MR) is 103 cm³/mol. The van der Waals surface area contributed by atoms with Gasteiger partial charge in [0.1, 0.15) is 0 Å². The molecular weight excluding hydrogens is 421 g/mol. The minimum atomic E-state index is -3.59. The van der Waals surface area contributed by atoms with Gasteiger partial charge in [0.2, 0.25) is 10.0 Å². The van der Waals surface area contributed by atoms with E-state index in [4.69, 9.17) is 23.2 Å². The fraction of sp³-hybridized carbons (Fsp3) is 0.625. The lowest BCUT2D eigenvalue weighted by atomic mass is 10.2. The predicted octanol–water partition coefficient (Wildman–Crippen LogP) is -0.465. The molecule has 2 N–H and O–H groups in total. The van der Waals surface area contributed by atoms with Gasteiger partial charge in [0.15, 0.2) is 5.75 Å². The number of benzene rings is 1. The number of likely N-dealkylation sites (N-methyl/N-ethyl adjacent to an activating group) is 2. The van der Waals surface area contributed by atoms with E-state index in [0.717, 1.165) is 37.2 Å². The number of hydrogen-bond donors (Lipinski definition) is 2. The Hall–Kier alpha value is -0.440. The average Bonchev–Trinajstić information content (AvgIpc) is 2.53. The molecule has 0 aromatic heterocycles. The number of anilines is 1. The van der Waals surface area contributed by atoms with Gasteiger partial charge in [-0.05, 0) is 25.6 Å². The van der Waals surface area contributed by atoms with Gasteiger partial charge >= 0.3 is 0 Å². The smallest absolute Gasteiger partial charge is 0.233 e. The van der Waals surface area contributed by atoms with Gasteiger partial charge in [-0.25, -0.2) is 8.42 Å². The molecular formula is C16H26Cl3N3O3S. The van der Waals surface area contributed by atoms with E-state index in [2.05, 4.69) is 23.7 Å². The Morgan fingerprint density at radius 2 is 1.88 bits per heavy atom. The average molecular weight is 447 g/mol. The van der Waals surface area contributed by atoms with E-state index >= 15 is 0 Å². The topological polar surface area (TPSA) is 69.6 Å². The van der Waals surface area contributed by atoms with Crippen molar-refractivity contribution < 1.29 is 30.4 Å². The summed E-state index contributed by atoms with van der Waals surface area (Å²) >= 11 is 12.0. The third-order valence-electron chi connectivity index (χ3n) is 4.84. The zero-order valence-electron chi connectivity index (χ0n) is 15.2. The van der Waals surface area contributed by atoms with Gasteiger partial charge < -0.3 is 22.0 Å². The number of rotatable bonds is 6. The Labute approximate surface area is 172 Å². The van der Waals surface area contributed by atoms with Crippen molar-refractivity contribution in [2.45, 2.75) is 13.3 Å². The van der Waals surface area contributed by atoms with Crippen LogP contribution in [-0.2, 0) is 10.0 Å². The number of phenols is 1. The zero-order chi connectivity index (χ0) is 18.8. The minimum Gasteiger partial charge on any atom is -1.00 e. The molecule has 1 aliphatic rings. The molecule has 150 valence electrons.